The summed E-state index contributed by atoms with van der Waals surface area (Å²) in [4.78, 5) is 0. The van der Waals surface area contributed by atoms with Gasteiger partial charge in [0.2, 0.25) is 10.0 Å². The molecule has 0 bridgehead atoms. The Morgan fingerprint density at radius 3 is 2.70 bits per heavy atom. The molecule has 0 aliphatic heterocycles. The van der Waals surface area contributed by atoms with Crippen LogP contribution in [0.3, 0.4) is 0 Å². The molecular weight excluding hydrogens is 276 g/mol. The van der Waals surface area contributed by atoms with Crippen LogP contribution >= 0.6 is 0 Å². The van der Waals surface area contributed by atoms with Gasteiger partial charge in [-0.25, -0.2) is 13.1 Å². The predicted molar refractivity (Wildman–Crippen MR) is 78.5 cm³/mol. The van der Waals surface area contributed by atoms with Crippen molar-refractivity contribution >= 4 is 10.0 Å². The van der Waals surface area contributed by atoms with Crippen LogP contribution < -0.4 is 10.5 Å². The maximum atomic E-state index is 12.1. The van der Waals surface area contributed by atoms with Crippen molar-refractivity contribution in [1.29, 1.82) is 0 Å². The standard InChI is InChI=1S/C14H22N2O3S/c1-2-19-14-7-13(8-14)16-20(17,18)10-12-5-3-4-11(6-12)9-15/h3-6,13-14,16H,2,7-10,15H2,1H3. The van der Waals surface area contributed by atoms with E-state index in [4.69, 9.17) is 10.5 Å². The fourth-order valence-electron chi connectivity index (χ4n) is 2.40. The third-order valence-corrected chi connectivity index (χ3v) is 4.83. The molecule has 0 aromatic heterocycles. The highest BCUT2D eigenvalue weighted by atomic mass is 32.2. The highest BCUT2D eigenvalue weighted by Gasteiger charge is 2.32. The molecule has 1 fully saturated rings. The van der Waals surface area contributed by atoms with E-state index < -0.39 is 10.0 Å². The van der Waals surface area contributed by atoms with Crippen molar-refractivity contribution < 1.29 is 13.2 Å². The fraction of sp³-hybridized carbons (Fsp3) is 0.571. The predicted octanol–water partition coefficient (Wildman–Crippen LogP) is 1.13. The van der Waals surface area contributed by atoms with Crippen LogP contribution in [0.2, 0.25) is 0 Å². The maximum absolute atomic E-state index is 12.1. The zero-order valence-electron chi connectivity index (χ0n) is 11.7. The molecule has 1 aromatic rings. The monoisotopic (exact) mass is 298 g/mol. The molecule has 1 aliphatic carbocycles. The Morgan fingerprint density at radius 1 is 1.35 bits per heavy atom. The van der Waals surface area contributed by atoms with Crippen molar-refractivity contribution in [3.05, 3.63) is 35.4 Å². The van der Waals surface area contributed by atoms with Gasteiger partial charge in [0.05, 0.1) is 11.9 Å². The molecule has 0 radical (unpaired) electrons. The molecule has 1 aromatic carbocycles. The Hall–Kier alpha value is -0.950. The zero-order valence-corrected chi connectivity index (χ0v) is 12.5. The smallest absolute Gasteiger partial charge is 0.216 e. The van der Waals surface area contributed by atoms with Gasteiger partial charge in [-0.05, 0) is 30.9 Å². The lowest BCUT2D eigenvalue weighted by Gasteiger charge is -2.35. The van der Waals surface area contributed by atoms with Crippen molar-refractivity contribution in [2.24, 2.45) is 5.73 Å². The van der Waals surface area contributed by atoms with Crippen molar-refractivity contribution in [3.8, 4) is 0 Å². The number of hydrogen-bond donors (Lipinski definition) is 2. The number of hydrogen-bond acceptors (Lipinski definition) is 4. The zero-order chi connectivity index (χ0) is 14.6. The Bertz CT molecular complexity index is 539. The van der Waals surface area contributed by atoms with Gasteiger partial charge in [-0.1, -0.05) is 24.3 Å². The summed E-state index contributed by atoms with van der Waals surface area (Å²) in [6.45, 7) is 3.04. The number of benzene rings is 1. The Morgan fingerprint density at radius 2 is 2.05 bits per heavy atom. The molecule has 6 heteroatoms. The first-order valence-electron chi connectivity index (χ1n) is 6.92. The summed E-state index contributed by atoms with van der Waals surface area (Å²) < 4.78 is 32.3. The lowest BCUT2D eigenvalue weighted by atomic mass is 9.90. The second-order valence-electron chi connectivity index (χ2n) is 5.15. The summed E-state index contributed by atoms with van der Waals surface area (Å²) >= 11 is 0. The molecular formula is C14H22N2O3S. The Balaban J connectivity index is 1.88. The average Bonchev–Trinajstić information content (AvgIpc) is 2.36. The number of rotatable bonds is 7. The molecule has 2 rings (SSSR count). The first-order valence-corrected chi connectivity index (χ1v) is 8.57. The highest BCUT2D eigenvalue weighted by Crippen LogP contribution is 2.24. The fourth-order valence-corrected chi connectivity index (χ4v) is 3.80. The molecule has 0 amide bonds. The van der Waals surface area contributed by atoms with E-state index in [-0.39, 0.29) is 17.9 Å². The van der Waals surface area contributed by atoms with Gasteiger partial charge in [0.1, 0.15) is 0 Å². The molecule has 5 nitrogen and oxygen atoms in total. The lowest BCUT2D eigenvalue weighted by molar-refractivity contribution is -0.00476. The molecule has 0 saturated heterocycles. The van der Waals surface area contributed by atoms with Crippen LogP contribution in [0.1, 0.15) is 30.9 Å². The van der Waals surface area contributed by atoms with Crippen molar-refractivity contribution in [3.63, 3.8) is 0 Å². The van der Waals surface area contributed by atoms with E-state index in [0.29, 0.717) is 13.2 Å². The quantitative estimate of drug-likeness (QED) is 0.790. The molecule has 0 atom stereocenters. The number of nitrogens with two attached hydrogens (primary N) is 1. The number of nitrogens with one attached hydrogen (secondary N) is 1. The second-order valence-corrected chi connectivity index (χ2v) is 6.90. The van der Waals surface area contributed by atoms with Crippen LogP contribution in [-0.2, 0) is 27.1 Å². The molecule has 0 spiro atoms. The van der Waals surface area contributed by atoms with Gasteiger partial charge in [-0.2, -0.15) is 0 Å². The van der Waals surface area contributed by atoms with Crippen molar-refractivity contribution in [1.82, 2.24) is 4.72 Å². The third kappa shape index (κ3) is 4.28. The normalized spacial score (nSPS) is 22.5. The summed E-state index contributed by atoms with van der Waals surface area (Å²) in [7, 11) is -3.30. The van der Waals surface area contributed by atoms with Crippen LogP contribution in [-0.4, -0.2) is 27.2 Å². The van der Waals surface area contributed by atoms with Gasteiger partial charge < -0.3 is 10.5 Å². The molecule has 3 N–H and O–H groups in total. The van der Waals surface area contributed by atoms with Gasteiger partial charge in [0.25, 0.3) is 0 Å². The average molecular weight is 298 g/mol. The molecule has 1 aliphatic rings. The number of ether oxygens (including phenoxy) is 1. The SMILES string of the molecule is CCOC1CC(NS(=O)(=O)Cc2cccc(CN)c2)C1. The van der Waals surface area contributed by atoms with Crippen molar-refractivity contribution in [2.75, 3.05) is 6.61 Å². The first-order chi connectivity index (χ1) is 9.52. The van der Waals surface area contributed by atoms with Gasteiger partial charge in [0, 0.05) is 19.2 Å². The minimum atomic E-state index is -3.30. The summed E-state index contributed by atoms with van der Waals surface area (Å²) in [5, 5.41) is 0. The first kappa shape index (κ1) is 15.4. The summed E-state index contributed by atoms with van der Waals surface area (Å²) in [6, 6.07) is 7.38. The molecule has 112 valence electrons. The second kappa shape index (κ2) is 6.67. The van der Waals surface area contributed by atoms with Gasteiger partial charge in [-0.15, -0.1) is 0 Å². The van der Waals surface area contributed by atoms with E-state index >= 15 is 0 Å². The highest BCUT2D eigenvalue weighted by molar-refractivity contribution is 7.88. The molecule has 0 unspecified atom stereocenters. The molecule has 20 heavy (non-hydrogen) atoms. The Kier molecular flexibility index (Phi) is 5.15. The van der Waals surface area contributed by atoms with Crippen LogP contribution in [0.4, 0.5) is 0 Å². The van der Waals surface area contributed by atoms with Gasteiger partial charge >= 0.3 is 0 Å². The van der Waals surface area contributed by atoms with Crippen LogP contribution in [0.25, 0.3) is 0 Å². The van der Waals surface area contributed by atoms with Crippen LogP contribution in [0.15, 0.2) is 24.3 Å². The minimum Gasteiger partial charge on any atom is -0.378 e. The topological polar surface area (TPSA) is 81.4 Å². The van der Waals surface area contributed by atoms with E-state index in [1.54, 1.807) is 0 Å². The molecule has 0 heterocycles. The van der Waals surface area contributed by atoms with E-state index in [1.807, 2.05) is 31.2 Å². The molecule has 1 saturated carbocycles. The summed E-state index contributed by atoms with van der Waals surface area (Å²) in [5.74, 6) is -0.00333. The Labute approximate surface area is 120 Å². The minimum absolute atomic E-state index is 0.00333. The van der Waals surface area contributed by atoms with Crippen molar-refractivity contribution in [2.45, 2.75) is 44.2 Å². The van der Waals surface area contributed by atoms with E-state index in [9.17, 15) is 8.42 Å². The number of sulfonamides is 1. The van der Waals surface area contributed by atoms with E-state index in [2.05, 4.69) is 4.72 Å². The van der Waals surface area contributed by atoms with Crippen LogP contribution in [0, 0.1) is 0 Å². The maximum Gasteiger partial charge on any atom is 0.216 e. The summed E-state index contributed by atoms with van der Waals surface area (Å²) in [6.07, 6.45) is 1.72. The summed E-state index contributed by atoms with van der Waals surface area (Å²) in [5.41, 5.74) is 7.27. The van der Waals surface area contributed by atoms with Crippen LogP contribution in [0.5, 0.6) is 0 Å². The van der Waals surface area contributed by atoms with E-state index in [0.717, 1.165) is 24.0 Å². The van der Waals surface area contributed by atoms with E-state index in [1.165, 1.54) is 0 Å². The lowest BCUT2D eigenvalue weighted by Crippen LogP contribution is -2.48. The largest absolute Gasteiger partial charge is 0.378 e. The van der Waals surface area contributed by atoms with Gasteiger partial charge in [0.15, 0.2) is 0 Å². The van der Waals surface area contributed by atoms with Gasteiger partial charge in [-0.3, -0.25) is 0 Å². The third-order valence-electron chi connectivity index (χ3n) is 3.43.